The van der Waals surface area contributed by atoms with Crippen molar-refractivity contribution < 1.29 is 14.7 Å². The molecular formula is C19H21N3O3S. The highest BCUT2D eigenvalue weighted by Crippen LogP contribution is 2.40. The molecule has 1 aromatic carbocycles. The first-order chi connectivity index (χ1) is 12.6. The summed E-state index contributed by atoms with van der Waals surface area (Å²) in [7, 11) is 0. The summed E-state index contributed by atoms with van der Waals surface area (Å²) in [5.74, 6) is -0.922. The normalized spacial score (nSPS) is 17.6. The van der Waals surface area contributed by atoms with Gasteiger partial charge in [-0.1, -0.05) is 18.2 Å². The average molecular weight is 371 g/mol. The van der Waals surface area contributed by atoms with Gasteiger partial charge in [0.15, 0.2) is 0 Å². The number of carboxylic acid groups (broad SMARTS) is 1. The van der Waals surface area contributed by atoms with Crippen LogP contribution in [0.2, 0.25) is 0 Å². The van der Waals surface area contributed by atoms with E-state index in [1.54, 1.807) is 18.5 Å². The number of aliphatic carboxylic acids is 1. The van der Waals surface area contributed by atoms with E-state index in [9.17, 15) is 14.7 Å². The van der Waals surface area contributed by atoms with Crippen molar-refractivity contribution in [1.82, 2.24) is 10.3 Å². The summed E-state index contributed by atoms with van der Waals surface area (Å²) < 4.78 is 0. The number of aromatic nitrogens is 1. The highest BCUT2D eigenvalue weighted by Gasteiger charge is 2.24. The number of amides is 1. The molecule has 0 saturated carbocycles. The largest absolute Gasteiger partial charge is 0.481 e. The van der Waals surface area contributed by atoms with Gasteiger partial charge in [-0.3, -0.25) is 14.6 Å². The lowest BCUT2D eigenvalue weighted by Gasteiger charge is -2.18. The minimum atomic E-state index is -0.872. The summed E-state index contributed by atoms with van der Waals surface area (Å²) in [5, 5.41) is 15.1. The van der Waals surface area contributed by atoms with E-state index < -0.39 is 5.97 Å². The van der Waals surface area contributed by atoms with Crippen LogP contribution in [0.15, 0.2) is 53.7 Å². The van der Waals surface area contributed by atoms with Crippen molar-refractivity contribution in [2.24, 2.45) is 0 Å². The molecule has 1 aliphatic rings. The first-order valence-corrected chi connectivity index (χ1v) is 9.43. The molecule has 2 atom stereocenters. The van der Waals surface area contributed by atoms with Gasteiger partial charge in [-0.2, -0.15) is 0 Å². The molecule has 0 spiro atoms. The van der Waals surface area contributed by atoms with Crippen molar-refractivity contribution in [3.05, 3.63) is 54.4 Å². The first kappa shape index (κ1) is 18.4. The molecule has 7 heteroatoms. The van der Waals surface area contributed by atoms with Gasteiger partial charge in [-0.25, -0.2) is 0 Å². The molecule has 1 aliphatic heterocycles. The van der Waals surface area contributed by atoms with Crippen LogP contribution < -0.4 is 10.6 Å². The Labute approximate surface area is 156 Å². The predicted molar refractivity (Wildman–Crippen MR) is 101 cm³/mol. The fourth-order valence-corrected chi connectivity index (χ4v) is 4.12. The van der Waals surface area contributed by atoms with Gasteiger partial charge in [0.05, 0.1) is 18.2 Å². The van der Waals surface area contributed by atoms with Crippen molar-refractivity contribution >= 4 is 29.3 Å². The van der Waals surface area contributed by atoms with E-state index >= 15 is 0 Å². The molecule has 1 amide bonds. The van der Waals surface area contributed by atoms with Gasteiger partial charge in [0.2, 0.25) is 5.91 Å². The van der Waals surface area contributed by atoms with Gasteiger partial charge in [0.1, 0.15) is 0 Å². The van der Waals surface area contributed by atoms with E-state index in [4.69, 9.17) is 0 Å². The summed E-state index contributed by atoms with van der Waals surface area (Å²) in [6.45, 7) is 0.857. The molecule has 1 aromatic heterocycles. The van der Waals surface area contributed by atoms with Crippen molar-refractivity contribution in [3.63, 3.8) is 0 Å². The summed E-state index contributed by atoms with van der Waals surface area (Å²) in [6.07, 6.45) is 5.15. The number of benzene rings is 1. The van der Waals surface area contributed by atoms with E-state index in [0.717, 1.165) is 29.8 Å². The van der Waals surface area contributed by atoms with Crippen LogP contribution in [-0.4, -0.2) is 34.6 Å². The van der Waals surface area contributed by atoms with Gasteiger partial charge in [-0.05, 0) is 43.1 Å². The second kappa shape index (κ2) is 8.82. The number of nitrogens with one attached hydrogen (secondary N) is 2. The summed E-state index contributed by atoms with van der Waals surface area (Å²) in [6, 6.07) is 11.0. The molecule has 26 heavy (non-hydrogen) atoms. The Morgan fingerprint density at radius 2 is 2.15 bits per heavy atom. The van der Waals surface area contributed by atoms with Crippen LogP contribution >= 0.6 is 11.8 Å². The van der Waals surface area contributed by atoms with Crippen LogP contribution in [0.5, 0.6) is 0 Å². The highest BCUT2D eigenvalue weighted by atomic mass is 32.2. The van der Waals surface area contributed by atoms with Gasteiger partial charge in [-0.15, -0.1) is 11.8 Å². The fraction of sp³-hybridized carbons (Fsp3) is 0.316. The number of pyridine rings is 1. The Morgan fingerprint density at radius 3 is 2.85 bits per heavy atom. The molecule has 0 radical (unpaired) electrons. The van der Waals surface area contributed by atoms with Crippen LogP contribution in [0.25, 0.3) is 0 Å². The van der Waals surface area contributed by atoms with Crippen LogP contribution in [0.1, 0.15) is 30.1 Å². The molecule has 0 bridgehead atoms. The molecule has 6 nitrogen and oxygen atoms in total. The smallest absolute Gasteiger partial charge is 0.304 e. The molecule has 3 N–H and O–H groups in total. The molecule has 136 valence electrons. The Morgan fingerprint density at radius 1 is 1.31 bits per heavy atom. The third-order valence-electron chi connectivity index (χ3n) is 4.21. The lowest BCUT2D eigenvalue weighted by Crippen LogP contribution is -2.35. The average Bonchev–Trinajstić information content (AvgIpc) is 3.18. The molecule has 1 fully saturated rings. The van der Waals surface area contributed by atoms with Gasteiger partial charge >= 0.3 is 5.97 Å². The molecule has 1 saturated heterocycles. The Kier molecular flexibility index (Phi) is 6.25. The number of carbonyl (C=O) groups is 2. The number of rotatable bonds is 7. The third kappa shape index (κ3) is 4.83. The molecule has 2 aromatic rings. The summed E-state index contributed by atoms with van der Waals surface area (Å²) in [5.41, 5.74) is 1.55. The summed E-state index contributed by atoms with van der Waals surface area (Å²) >= 11 is 1.43. The van der Waals surface area contributed by atoms with Crippen molar-refractivity contribution in [2.45, 2.75) is 35.4 Å². The molecule has 3 rings (SSSR count). The monoisotopic (exact) mass is 371 g/mol. The van der Waals surface area contributed by atoms with Crippen LogP contribution in [0, 0.1) is 0 Å². The van der Waals surface area contributed by atoms with Gasteiger partial charge < -0.3 is 15.7 Å². The van der Waals surface area contributed by atoms with Crippen LogP contribution in [0.3, 0.4) is 0 Å². The zero-order chi connectivity index (χ0) is 18.4. The zero-order valence-electron chi connectivity index (χ0n) is 14.2. The Hall–Kier alpha value is -2.38. The first-order valence-electron chi connectivity index (χ1n) is 8.55. The second-order valence-corrected chi connectivity index (χ2v) is 7.37. The number of thioether (sulfide) groups is 1. The van der Waals surface area contributed by atoms with Crippen molar-refractivity contribution in [2.75, 3.05) is 11.9 Å². The number of hydrogen-bond donors (Lipinski definition) is 3. The fourth-order valence-electron chi connectivity index (χ4n) is 2.91. The quantitative estimate of drug-likeness (QED) is 0.648. The molecule has 0 aliphatic carbocycles. The third-order valence-corrected chi connectivity index (χ3v) is 5.54. The number of hydrogen-bond acceptors (Lipinski definition) is 5. The maximum Gasteiger partial charge on any atom is 0.304 e. The molecule has 2 heterocycles. The van der Waals surface area contributed by atoms with Crippen LogP contribution in [-0.2, 0) is 9.59 Å². The second-order valence-electron chi connectivity index (χ2n) is 6.13. The Bertz CT molecular complexity index is 764. The van der Waals surface area contributed by atoms with Crippen molar-refractivity contribution in [1.29, 1.82) is 0 Å². The van der Waals surface area contributed by atoms with E-state index in [2.05, 4.69) is 15.6 Å². The number of para-hydroxylation sites is 1. The number of nitrogens with zero attached hydrogens (tertiary/aromatic N) is 1. The lowest BCUT2D eigenvalue weighted by atomic mass is 10.1. The van der Waals surface area contributed by atoms with E-state index in [1.165, 1.54) is 11.8 Å². The maximum absolute atomic E-state index is 12.4. The Balaban J connectivity index is 1.79. The minimum Gasteiger partial charge on any atom is -0.481 e. The minimum absolute atomic E-state index is 0.0250. The van der Waals surface area contributed by atoms with E-state index in [-0.39, 0.29) is 23.6 Å². The van der Waals surface area contributed by atoms with E-state index in [1.807, 2.05) is 30.3 Å². The van der Waals surface area contributed by atoms with E-state index in [0.29, 0.717) is 5.69 Å². The SMILES string of the molecule is O=C(O)CC(Sc1ccccc1NC(=O)[C@H]1CCCN1)c1cccnc1. The zero-order valence-corrected chi connectivity index (χ0v) is 15.0. The topological polar surface area (TPSA) is 91.3 Å². The molecule has 1 unspecified atom stereocenters. The van der Waals surface area contributed by atoms with Crippen LogP contribution in [0.4, 0.5) is 5.69 Å². The van der Waals surface area contributed by atoms with Gasteiger partial charge in [0, 0.05) is 22.5 Å². The van der Waals surface area contributed by atoms with Crippen molar-refractivity contribution in [3.8, 4) is 0 Å². The van der Waals surface area contributed by atoms with Gasteiger partial charge in [0.25, 0.3) is 0 Å². The number of carbonyl (C=O) groups excluding carboxylic acids is 1. The summed E-state index contributed by atoms with van der Waals surface area (Å²) in [4.78, 5) is 28.6. The highest BCUT2D eigenvalue weighted by molar-refractivity contribution is 7.99. The number of anilines is 1. The standard InChI is InChI=1S/C19H21N3O3S/c23-18(24)11-17(13-5-3-9-20-12-13)26-16-8-2-1-6-14(16)22-19(25)15-7-4-10-21-15/h1-3,5-6,8-9,12,15,17,21H,4,7,10-11H2,(H,22,25)(H,23,24)/t15-,17?/m1/s1. The lowest BCUT2D eigenvalue weighted by molar-refractivity contribution is -0.137. The number of carboxylic acids is 1. The predicted octanol–water partition coefficient (Wildman–Crippen LogP) is 3.08. The maximum atomic E-state index is 12.4. The molecular weight excluding hydrogens is 350 g/mol.